The van der Waals surface area contributed by atoms with E-state index in [2.05, 4.69) is 20.5 Å². The van der Waals surface area contributed by atoms with Crippen LogP contribution >= 0.6 is 0 Å². The predicted octanol–water partition coefficient (Wildman–Crippen LogP) is 1.97. The third kappa shape index (κ3) is 3.65. The molecule has 2 N–H and O–H groups in total. The molecule has 1 fully saturated rings. The van der Waals surface area contributed by atoms with Gasteiger partial charge >= 0.3 is 0 Å². The van der Waals surface area contributed by atoms with Gasteiger partial charge in [0.2, 0.25) is 0 Å². The normalized spacial score (nSPS) is 20.3. The summed E-state index contributed by atoms with van der Waals surface area (Å²) in [6.07, 6.45) is 3.38. The SMILES string of the molecule is COc1cc(OC)c(CNC[C@H]2CC[C@@H](c3ncn[nH]3)O2)cc1F. The van der Waals surface area contributed by atoms with Crippen molar-refractivity contribution in [2.45, 2.75) is 31.6 Å². The van der Waals surface area contributed by atoms with Gasteiger partial charge in [0.05, 0.1) is 20.3 Å². The number of benzene rings is 1. The molecule has 24 heavy (non-hydrogen) atoms. The third-order valence-electron chi connectivity index (χ3n) is 4.09. The molecule has 0 spiro atoms. The number of H-pyrrole nitrogens is 1. The molecule has 0 amide bonds. The number of hydrogen-bond acceptors (Lipinski definition) is 6. The Morgan fingerprint density at radius 2 is 2.12 bits per heavy atom. The minimum absolute atomic E-state index is 0.0349. The van der Waals surface area contributed by atoms with Gasteiger partial charge < -0.3 is 19.5 Å². The largest absolute Gasteiger partial charge is 0.496 e. The van der Waals surface area contributed by atoms with Crippen LogP contribution in [0.25, 0.3) is 0 Å². The zero-order valence-electron chi connectivity index (χ0n) is 13.7. The molecule has 130 valence electrons. The molecule has 1 aliphatic rings. The van der Waals surface area contributed by atoms with Crippen molar-refractivity contribution in [2.75, 3.05) is 20.8 Å². The summed E-state index contributed by atoms with van der Waals surface area (Å²) in [6, 6.07) is 2.98. The number of methoxy groups -OCH3 is 2. The lowest BCUT2D eigenvalue weighted by atomic mass is 10.1. The fourth-order valence-electron chi connectivity index (χ4n) is 2.86. The van der Waals surface area contributed by atoms with Gasteiger partial charge in [0.25, 0.3) is 0 Å². The molecule has 8 heteroatoms. The van der Waals surface area contributed by atoms with E-state index in [1.54, 1.807) is 13.2 Å². The molecule has 7 nitrogen and oxygen atoms in total. The second-order valence-corrected chi connectivity index (χ2v) is 5.62. The van der Waals surface area contributed by atoms with Crippen LogP contribution in [0.3, 0.4) is 0 Å². The van der Waals surface area contributed by atoms with Gasteiger partial charge in [0.15, 0.2) is 17.4 Å². The Morgan fingerprint density at radius 3 is 2.83 bits per heavy atom. The molecule has 0 radical (unpaired) electrons. The van der Waals surface area contributed by atoms with Crippen LogP contribution in [0.5, 0.6) is 11.5 Å². The van der Waals surface area contributed by atoms with Crippen LogP contribution in [0, 0.1) is 5.82 Å². The van der Waals surface area contributed by atoms with Gasteiger partial charge in [-0.15, -0.1) is 0 Å². The van der Waals surface area contributed by atoms with Crippen LogP contribution in [0.4, 0.5) is 4.39 Å². The molecule has 2 aromatic rings. The Hall–Kier alpha value is -2.19. The standard InChI is InChI=1S/C16H21FN4O3/c1-22-14-6-15(23-2)12(17)5-10(14)7-18-8-11-3-4-13(24-11)16-19-9-20-21-16/h5-6,9,11,13,18H,3-4,7-8H2,1-2H3,(H,19,20,21)/t11-,13+/m1/s1. The van der Waals surface area contributed by atoms with Gasteiger partial charge in [-0.25, -0.2) is 9.37 Å². The first kappa shape index (κ1) is 16.7. The minimum atomic E-state index is -0.405. The Kier molecular flexibility index (Phi) is 5.27. The summed E-state index contributed by atoms with van der Waals surface area (Å²) in [5, 5.41) is 9.97. The highest BCUT2D eigenvalue weighted by atomic mass is 19.1. The summed E-state index contributed by atoms with van der Waals surface area (Å²) in [4.78, 5) is 4.13. The van der Waals surface area contributed by atoms with E-state index in [1.807, 2.05) is 0 Å². The van der Waals surface area contributed by atoms with Crippen molar-refractivity contribution < 1.29 is 18.6 Å². The molecule has 3 rings (SSSR count). The van der Waals surface area contributed by atoms with E-state index in [-0.39, 0.29) is 18.0 Å². The summed E-state index contributed by atoms with van der Waals surface area (Å²) in [7, 11) is 2.98. The average molecular weight is 336 g/mol. The number of aromatic nitrogens is 3. The number of aromatic amines is 1. The lowest BCUT2D eigenvalue weighted by Gasteiger charge is -2.15. The quantitative estimate of drug-likeness (QED) is 0.805. The number of nitrogens with zero attached hydrogens (tertiary/aromatic N) is 2. The maximum Gasteiger partial charge on any atom is 0.165 e. The van der Waals surface area contributed by atoms with Crippen LogP contribution in [-0.4, -0.2) is 42.0 Å². The molecule has 0 unspecified atom stereocenters. The highest BCUT2D eigenvalue weighted by Crippen LogP contribution is 2.30. The van der Waals surface area contributed by atoms with Gasteiger partial charge in [-0.2, -0.15) is 5.10 Å². The molecular formula is C16H21FN4O3. The lowest BCUT2D eigenvalue weighted by Crippen LogP contribution is -2.26. The van der Waals surface area contributed by atoms with E-state index in [0.29, 0.717) is 18.8 Å². The van der Waals surface area contributed by atoms with E-state index in [4.69, 9.17) is 14.2 Å². The summed E-state index contributed by atoms with van der Waals surface area (Å²) >= 11 is 0. The van der Waals surface area contributed by atoms with E-state index >= 15 is 0 Å². The predicted molar refractivity (Wildman–Crippen MR) is 84.4 cm³/mol. The van der Waals surface area contributed by atoms with E-state index in [1.165, 1.54) is 19.5 Å². The zero-order valence-corrected chi connectivity index (χ0v) is 13.7. The first-order chi connectivity index (χ1) is 11.7. The second kappa shape index (κ2) is 7.59. The maximum atomic E-state index is 13.9. The highest BCUT2D eigenvalue weighted by molar-refractivity contribution is 5.41. The molecule has 1 saturated heterocycles. The Morgan fingerprint density at radius 1 is 1.29 bits per heavy atom. The van der Waals surface area contributed by atoms with Crippen molar-refractivity contribution in [2.24, 2.45) is 0 Å². The molecule has 2 heterocycles. The Bertz CT molecular complexity index is 666. The summed E-state index contributed by atoms with van der Waals surface area (Å²) < 4.78 is 30.1. The second-order valence-electron chi connectivity index (χ2n) is 5.62. The molecule has 1 aromatic carbocycles. The summed E-state index contributed by atoms with van der Waals surface area (Å²) in [6.45, 7) is 1.15. The van der Waals surface area contributed by atoms with E-state index in [0.717, 1.165) is 24.2 Å². The first-order valence-corrected chi connectivity index (χ1v) is 7.83. The van der Waals surface area contributed by atoms with Gasteiger partial charge in [-0.05, 0) is 18.9 Å². The van der Waals surface area contributed by atoms with Crippen LogP contribution in [0.2, 0.25) is 0 Å². The average Bonchev–Trinajstić information content (AvgIpc) is 3.26. The Labute approximate surface area is 139 Å². The molecule has 2 atom stereocenters. The van der Waals surface area contributed by atoms with Crippen molar-refractivity contribution in [3.63, 3.8) is 0 Å². The Balaban J connectivity index is 1.53. The van der Waals surface area contributed by atoms with Crippen LogP contribution in [0.15, 0.2) is 18.5 Å². The fraction of sp³-hybridized carbons (Fsp3) is 0.500. The molecule has 0 aliphatic carbocycles. The fourth-order valence-corrected chi connectivity index (χ4v) is 2.86. The van der Waals surface area contributed by atoms with Crippen molar-refractivity contribution in [3.8, 4) is 11.5 Å². The van der Waals surface area contributed by atoms with E-state index in [9.17, 15) is 4.39 Å². The topological polar surface area (TPSA) is 81.3 Å². The van der Waals surface area contributed by atoms with Gasteiger partial charge in [0, 0.05) is 24.7 Å². The van der Waals surface area contributed by atoms with Crippen LogP contribution < -0.4 is 14.8 Å². The number of halogens is 1. The van der Waals surface area contributed by atoms with Crippen molar-refractivity contribution >= 4 is 0 Å². The number of ether oxygens (including phenoxy) is 3. The van der Waals surface area contributed by atoms with E-state index < -0.39 is 5.82 Å². The lowest BCUT2D eigenvalue weighted by molar-refractivity contribution is 0.0401. The smallest absolute Gasteiger partial charge is 0.165 e. The number of hydrogen-bond donors (Lipinski definition) is 2. The molecule has 0 saturated carbocycles. The van der Waals surface area contributed by atoms with Gasteiger partial charge in [0.1, 0.15) is 18.2 Å². The highest BCUT2D eigenvalue weighted by Gasteiger charge is 2.28. The molecular weight excluding hydrogens is 315 g/mol. The summed E-state index contributed by atoms with van der Waals surface area (Å²) in [5.41, 5.74) is 0.737. The van der Waals surface area contributed by atoms with Crippen molar-refractivity contribution in [3.05, 3.63) is 35.7 Å². The maximum absolute atomic E-state index is 13.9. The number of rotatable bonds is 7. The van der Waals surface area contributed by atoms with Gasteiger partial charge in [-0.1, -0.05) is 0 Å². The van der Waals surface area contributed by atoms with Crippen LogP contribution in [0.1, 0.15) is 30.3 Å². The first-order valence-electron chi connectivity index (χ1n) is 7.83. The molecule has 0 bridgehead atoms. The molecule has 1 aliphatic heterocycles. The molecule has 1 aromatic heterocycles. The van der Waals surface area contributed by atoms with Gasteiger partial charge in [-0.3, -0.25) is 5.10 Å². The van der Waals surface area contributed by atoms with Crippen molar-refractivity contribution in [1.29, 1.82) is 0 Å². The zero-order chi connectivity index (χ0) is 16.9. The monoisotopic (exact) mass is 336 g/mol. The third-order valence-corrected chi connectivity index (χ3v) is 4.09. The minimum Gasteiger partial charge on any atom is -0.496 e. The summed E-state index contributed by atoms with van der Waals surface area (Å²) in [5.74, 6) is 1.12. The van der Waals surface area contributed by atoms with Crippen molar-refractivity contribution in [1.82, 2.24) is 20.5 Å². The number of nitrogens with one attached hydrogen (secondary N) is 2. The van der Waals surface area contributed by atoms with Crippen LogP contribution in [-0.2, 0) is 11.3 Å².